The van der Waals surface area contributed by atoms with Crippen molar-refractivity contribution in [3.63, 3.8) is 0 Å². The number of carbonyl (C=O) groups excluding carboxylic acids is 1. The predicted molar refractivity (Wildman–Crippen MR) is 48.4 cm³/mol. The van der Waals surface area contributed by atoms with Gasteiger partial charge in [-0.1, -0.05) is 6.92 Å². The number of hydrogen-bond acceptors (Lipinski definition) is 3. The fourth-order valence-electron chi connectivity index (χ4n) is 1.56. The first-order chi connectivity index (χ1) is 6.20. The molecular weight excluding hydrogens is 170 g/mol. The molecule has 1 saturated heterocycles. The van der Waals surface area contributed by atoms with Crippen molar-refractivity contribution in [3.8, 4) is 0 Å². The molecule has 1 fully saturated rings. The number of hydrogen-bond donors (Lipinski definition) is 1. The van der Waals surface area contributed by atoms with Crippen LogP contribution in [0.15, 0.2) is 0 Å². The van der Waals surface area contributed by atoms with E-state index in [1.807, 2.05) is 13.8 Å². The van der Waals surface area contributed by atoms with Crippen molar-refractivity contribution in [3.05, 3.63) is 0 Å². The van der Waals surface area contributed by atoms with Gasteiger partial charge in [-0.05, 0) is 13.3 Å². The molecule has 1 aliphatic heterocycles. The van der Waals surface area contributed by atoms with Gasteiger partial charge in [0.1, 0.15) is 0 Å². The first kappa shape index (κ1) is 10.3. The Kier molecular flexibility index (Phi) is 3.54. The van der Waals surface area contributed by atoms with Crippen molar-refractivity contribution in [1.29, 1.82) is 0 Å². The highest BCUT2D eigenvalue weighted by molar-refractivity contribution is 5.69. The first-order valence-corrected chi connectivity index (χ1v) is 4.76. The van der Waals surface area contributed by atoms with Crippen molar-refractivity contribution in [2.24, 2.45) is 0 Å². The molecule has 0 spiro atoms. The Labute approximate surface area is 78.5 Å². The molecule has 2 unspecified atom stereocenters. The standard InChI is InChI=1S/C9H17NO3/c1-3-7(2)10-8(6-11)4-5-13-9(10)12/h7-8,11H,3-6H2,1-2H3. The summed E-state index contributed by atoms with van der Waals surface area (Å²) in [5.41, 5.74) is 0. The number of ether oxygens (including phenoxy) is 1. The average molecular weight is 187 g/mol. The molecule has 4 nitrogen and oxygen atoms in total. The van der Waals surface area contributed by atoms with E-state index in [1.165, 1.54) is 0 Å². The van der Waals surface area contributed by atoms with Gasteiger partial charge in [0.05, 0.1) is 19.3 Å². The van der Waals surface area contributed by atoms with Crippen molar-refractivity contribution in [2.75, 3.05) is 13.2 Å². The summed E-state index contributed by atoms with van der Waals surface area (Å²) in [4.78, 5) is 13.0. The second-order valence-electron chi connectivity index (χ2n) is 3.40. The lowest BCUT2D eigenvalue weighted by atomic mass is 10.1. The maximum absolute atomic E-state index is 11.4. The second-order valence-corrected chi connectivity index (χ2v) is 3.40. The van der Waals surface area contributed by atoms with Gasteiger partial charge in [0, 0.05) is 12.5 Å². The molecule has 0 aromatic rings. The lowest BCUT2D eigenvalue weighted by molar-refractivity contribution is 0.00817. The fraction of sp³-hybridized carbons (Fsp3) is 0.889. The number of rotatable bonds is 3. The normalized spacial score (nSPS) is 25.6. The van der Waals surface area contributed by atoms with Crippen LogP contribution in [-0.4, -0.2) is 41.4 Å². The quantitative estimate of drug-likeness (QED) is 0.716. The molecule has 2 atom stereocenters. The highest BCUT2D eigenvalue weighted by atomic mass is 16.6. The maximum Gasteiger partial charge on any atom is 0.410 e. The third kappa shape index (κ3) is 2.12. The van der Waals surface area contributed by atoms with Crippen LogP contribution in [0.25, 0.3) is 0 Å². The van der Waals surface area contributed by atoms with Crippen LogP contribution < -0.4 is 0 Å². The van der Waals surface area contributed by atoms with Crippen LogP contribution >= 0.6 is 0 Å². The van der Waals surface area contributed by atoms with Gasteiger partial charge in [-0.3, -0.25) is 0 Å². The number of aliphatic hydroxyl groups excluding tert-OH is 1. The van der Waals surface area contributed by atoms with Crippen LogP contribution in [0.3, 0.4) is 0 Å². The van der Waals surface area contributed by atoms with Gasteiger partial charge in [-0.25, -0.2) is 4.79 Å². The third-order valence-corrected chi connectivity index (χ3v) is 2.56. The minimum absolute atomic E-state index is 0.0272. The van der Waals surface area contributed by atoms with Crippen LogP contribution in [0.2, 0.25) is 0 Å². The molecule has 0 radical (unpaired) electrons. The number of aliphatic hydroxyl groups is 1. The Morgan fingerprint density at radius 2 is 2.46 bits per heavy atom. The minimum Gasteiger partial charge on any atom is -0.449 e. The summed E-state index contributed by atoms with van der Waals surface area (Å²) in [7, 11) is 0. The zero-order valence-corrected chi connectivity index (χ0v) is 8.19. The molecule has 76 valence electrons. The highest BCUT2D eigenvalue weighted by Gasteiger charge is 2.31. The zero-order chi connectivity index (χ0) is 9.84. The van der Waals surface area contributed by atoms with Crippen LogP contribution in [0.4, 0.5) is 4.79 Å². The molecule has 1 rings (SSSR count). The maximum atomic E-state index is 11.4. The molecule has 0 aromatic heterocycles. The third-order valence-electron chi connectivity index (χ3n) is 2.56. The van der Waals surface area contributed by atoms with E-state index in [4.69, 9.17) is 9.84 Å². The molecule has 1 aliphatic rings. The second kappa shape index (κ2) is 4.46. The highest BCUT2D eigenvalue weighted by Crippen LogP contribution is 2.17. The minimum atomic E-state index is -0.292. The summed E-state index contributed by atoms with van der Waals surface area (Å²) >= 11 is 0. The fourth-order valence-corrected chi connectivity index (χ4v) is 1.56. The van der Waals surface area contributed by atoms with Crippen molar-refractivity contribution < 1.29 is 14.6 Å². The molecule has 0 saturated carbocycles. The van der Waals surface area contributed by atoms with Crippen LogP contribution in [0.5, 0.6) is 0 Å². The number of amides is 1. The smallest absolute Gasteiger partial charge is 0.410 e. The summed E-state index contributed by atoms with van der Waals surface area (Å²) in [6.07, 6.45) is 1.32. The Hall–Kier alpha value is -0.770. The monoisotopic (exact) mass is 187 g/mol. The Morgan fingerprint density at radius 3 is 3.00 bits per heavy atom. The van der Waals surface area contributed by atoms with E-state index < -0.39 is 0 Å². The largest absolute Gasteiger partial charge is 0.449 e. The SMILES string of the molecule is CCC(C)N1C(=O)OCCC1CO. The Morgan fingerprint density at radius 1 is 1.77 bits per heavy atom. The van der Waals surface area contributed by atoms with E-state index in [0.29, 0.717) is 6.61 Å². The van der Waals surface area contributed by atoms with Gasteiger partial charge >= 0.3 is 6.09 Å². The van der Waals surface area contributed by atoms with E-state index in [2.05, 4.69) is 0 Å². The molecule has 13 heavy (non-hydrogen) atoms. The van der Waals surface area contributed by atoms with Gasteiger partial charge in [0.2, 0.25) is 0 Å². The Bertz CT molecular complexity index is 184. The summed E-state index contributed by atoms with van der Waals surface area (Å²) in [6.45, 7) is 4.44. The average Bonchev–Trinajstić information content (AvgIpc) is 2.16. The molecule has 1 heterocycles. The molecule has 0 aliphatic carbocycles. The summed E-state index contributed by atoms with van der Waals surface area (Å²) < 4.78 is 4.92. The molecule has 1 N–H and O–H groups in total. The number of nitrogens with zero attached hydrogens (tertiary/aromatic N) is 1. The Balaban J connectivity index is 2.67. The summed E-state index contributed by atoms with van der Waals surface area (Å²) in [6, 6.07) is 0.0844. The van der Waals surface area contributed by atoms with E-state index in [-0.39, 0.29) is 24.8 Å². The van der Waals surface area contributed by atoms with E-state index in [1.54, 1.807) is 4.90 Å². The lowest BCUT2D eigenvalue weighted by Gasteiger charge is -2.37. The van der Waals surface area contributed by atoms with Gasteiger partial charge in [-0.15, -0.1) is 0 Å². The van der Waals surface area contributed by atoms with Gasteiger partial charge < -0.3 is 14.7 Å². The number of cyclic esters (lactones) is 1. The van der Waals surface area contributed by atoms with Gasteiger partial charge in [0.15, 0.2) is 0 Å². The molecular formula is C9H17NO3. The van der Waals surface area contributed by atoms with Crippen molar-refractivity contribution in [2.45, 2.75) is 38.8 Å². The predicted octanol–water partition coefficient (Wildman–Crippen LogP) is 0.988. The number of carbonyl (C=O) groups is 1. The van der Waals surface area contributed by atoms with Gasteiger partial charge in [0.25, 0.3) is 0 Å². The van der Waals surface area contributed by atoms with Crippen molar-refractivity contribution in [1.82, 2.24) is 4.90 Å². The topological polar surface area (TPSA) is 49.8 Å². The first-order valence-electron chi connectivity index (χ1n) is 4.76. The van der Waals surface area contributed by atoms with Gasteiger partial charge in [-0.2, -0.15) is 0 Å². The summed E-state index contributed by atoms with van der Waals surface area (Å²) in [5.74, 6) is 0. The molecule has 1 amide bonds. The van der Waals surface area contributed by atoms with Crippen LogP contribution in [-0.2, 0) is 4.74 Å². The molecule has 4 heteroatoms. The zero-order valence-electron chi connectivity index (χ0n) is 8.19. The van der Waals surface area contributed by atoms with E-state index in [0.717, 1.165) is 12.8 Å². The molecule has 0 aromatic carbocycles. The van der Waals surface area contributed by atoms with Crippen LogP contribution in [0.1, 0.15) is 26.7 Å². The lowest BCUT2D eigenvalue weighted by Crippen LogP contribution is -2.51. The van der Waals surface area contributed by atoms with E-state index in [9.17, 15) is 4.79 Å². The summed E-state index contributed by atoms with van der Waals surface area (Å²) in [5, 5.41) is 9.07. The van der Waals surface area contributed by atoms with E-state index >= 15 is 0 Å². The van der Waals surface area contributed by atoms with Crippen molar-refractivity contribution >= 4 is 6.09 Å². The van der Waals surface area contributed by atoms with Crippen LogP contribution in [0, 0.1) is 0 Å². The molecule has 0 bridgehead atoms.